The summed E-state index contributed by atoms with van der Waals surface area (Å²) in [6.07, 6.45) is -3.42. The van der Waals surface area contributed by atoms with Crippen LogP contribution in [0.4, 0.5) is 0 Å². The number of carbonyl (C=O) groups is 1. The predicted molar refractivity (Wildman–Crippen MR) is 117 cm³/mol. The highest BCUT2D eigenvalue weighted by Crippen LogP contribution is 2.47. The number of nitrogens with one attached hydrogen (secondary N) is 1. The Labute approximate surface area is 197 Å². The van der Waals surface area contributed by atoms with Gasteiger partial charge in [0, 0.05) is 30.0 Å². The van der Waals surface area contributed by atoms with E-state index >= 15 is 0 Å². The van der Waals surface area contributed by atoms with Gasteiger partial charge in [0.05, 0.1) is 12.6 Å². The molecule has 3 N–H and O–H groups in total. The number of benzene rings is 1. The van der Waals surface area contributed by atoms with Gasteiger partial charge in [-0.15, -0.1) is 0 Å². The van der Waals surface area contributed by atoms with Crippen LogP contribution in [0.3, 0.4) is 0 Å². The number of H-pyrrole nitrogens is 1. The number of aryl methyl sites for hydroxylation is 1. The molecule has 2 aromatic rings. The van der Waals surface area contributed by atoms with Gasteiger partial charge in [-0.25, -0.2) is 9.36 Å². The monoisotopic (exact) mass is 511 g/mol. The molecule has 16 heteroatoms. The first kappa shape index (κ1) is 26.3. The molecule has 2 heterocycles. The van der Waals surface area contributed by atoms with E-state index in [0.717, 1.165) is 4.57 Å². The van der Waals surface area contributed by atoms with Crippen molar-refractivity contribution in [3.8, 4) is 5.75 Å². The highest BCUT2D eigenvalue weighted by Gasteiger charge is 2.43. The van der Waals surface area contributed by atoms with Gasteiger partial charge in [0.2, 0.25) is 0 Å². The number of phosphoric acid groups is 1. The number of nitrogens with zero attached hydrogens (tertiary/aromatic N) is 4. The van der Waals surface area contributed by atoms with Gasteiger partial charge in [0.25, 0.3) is 5.56 Å². The number of aromatic nitrogens is 2. The maximum Gasteiger partial charge on any atom is 0.474 e. The van der Waals surface area contributed by atoms with Crippen LogP contribution >= 0.6 is 7.82 Å². The lowest BCUT2D eigenvalue weighted by molar-refractivity contribution is -0.149. The van der Waals surface area contributed by atoms with Crippen LogP contribution in [0.25, 0.3) is 10.4 Å². The molecule has 188 valence electrons. The molecule has 3 rings (SSSR count). The van der Waals surface area contributed by atoms with Crippen molar-refractivity contribution in [2.45, 2.75) is 51.5 Å². The quantitative estimate of drug-likeness (QED) is 0.0836. The van der Waals surface area contributed by atoms with E-state index in [9.17, 15) is 28.9 Å². The number of azide groups is 1. The van der Waals surface area contributed by atoms with Crippen LogP contribution in [-0.2, 0) is 29.8 Å². The summed E-state index contributed by atoms with van der Waals surface area (Å²) in [6.45, 7) is 2.32. The molecular formula is C19H22N5O10P. The number of esters is 1. The zero-order valence-electron chi connectivity index (χ0n) is 18.5. The molecule has 1 aromatic carbocycles. The Morgan fingerprint density at radius 2 is 2.09 bits per heavy atom. The van der Waals surface area contributed by atoms with Gasteiger partial charge >= 0.3 is 19.5 Å². The minimum Gasteiger partial charge on any atom is -0.427 e. The fourth-order valence-electron chi connectivity index (χ4n) is 3.29. The Morgan fingerprint density at radius 1 is 1.40 bits per heavy atom. The molecule has 1 aliphatic heterocycles. The number of aromatic amines is 1. The standard InChI is InChI=1S/C19H22N5O10P/c1-10-8-24(19(28)21-17(10)26)15-7-14(22-23-20)16(33-15)18(27)34-35(29,30)31-9-12-3-5-13(6-4-12)32-11(2)25/h3-6,8,14-16,18,27H,7,9H2,1-2H3,(H,29,30)(H,21,26,28)/t14?,15-,16+,18?/m1/s1. The van der Waals surface area contributed by atoms with E-state index < -0.39 is 49.7 Å². The van der Waals surface area contributed by atoms with Crippen molar-refractivity contribution in [2.24, 2.45) is 5.11 Å². The van der Waals surface area contributed by atoms with Crippen LogP contribution in [0.1, 0.15) is 30.7 Å². The number of hydrogen-bond donors (Lipinski definition) is 3. The first-order valence-electron chi connectivity index (χ1n) is 10.1. The van der Waals surface area contributed by atoms with E-state index in [2.05, 4.69) is 15.0 Å². The molecule has 0 saturated carbocycles. The highest BCUT2D eigenvalue weighted by atomic mass is 31.2. The second kappa shape index (κ2) is 11.0. The fraction of sp³-hybridized carbons (Fsp3) is 0.421. The number of carbonyl (C=O) groups excluding carboxylic acids is 1. The number of ether oxygens (including phenoxy) is 2. The Morgan fingerprint density at radius 3 is 2.71 bits per heavy atom. The van der Waals surface area contributed by atoms with E-state index in [1.807, 2.05) is 0 Å². The number of rotatable bonds is 9. The van der Waals surface area contributed by atoms with Gasteiger partial charge < -0.3 is 19.5 Å². The molecule has 0 aliphatic carbocycles. The van der Waals surface area contributed by atoms with Crippen molar-refractivity contribution < 1.29 is 37.9 Å². The normalized spacial score (nSPS) is 22.1. The molecule has 1 saturated heterocycles. The SMILES string of the molecule is CC(=O)Oc1ccc(COP(=O)(O)OC(O)[C@H]2O[C@@H](n3cc(C)c(=O)[nH]c3=O)CC2N=[N+]=[N-])cc1. The van der Waals surface area contributed by atoms with Crippen LogP contribution in [0.15, 0.2) is 45.2 Å². The summed E-state index contributed by atoms with van der Waals surface area (Å²) in [6, 6.07) is 4.81. The number of aliphatic hydroxyl groups excluding tert-OH is 1. The molecule has 15 nitrogen and oxygen atoms in total. The first-order valence-corrected chi connectivity index (χ1v) is 11.6. The number of phosphoric ester groups is 1. The van der Waals surface area contributed by atoms with Crippen LogP contribution in [0.5, 0.6) is 5.75 Å². The molecule has 0 radical (unpaired) electrons. The third-order valence-corrected chi connectivity index (χ3v) is 5.83. The minimum atomic E-state index is -4.83. The maximum absolute atomic E-state index is 12.3. The predicted octanol–water partition coefficient (Wildman–Crippen LogP) is 1.39. The average Bonchev–Trinajstić information content (AvgIpc) is 3.19. The summed E-state index contributed by atoms with van der Waals surface area (Å²) >= 11 is 0. The van der Waals surface area contributed by atoms with Crippen LogP contribution in [0, 0.1) is 6.92 Å². The van der Waals surface area contributed by atoms with Gasteiger partial charge in [0.1, 0.15) is 18.1 Å². The van der Waals surface area contributed by atoms with Crippen molar-refractivity contribution >= 4 is 13.8 Å². The number of hydrogen-bond acceptors (Lipinski definition) is 10. The molecule has 0 spiro atoms. The fourth-order valence-corrected chi connectivity index (χ4v) is 4.05. The van der Waals surface area contributed by atoms with E-state index in [-0.39, 0.29) is 24.3 Å². The topological polar surface area (TPSA) is 215 Å². The third-order valence-electron chi connectivity index (χ3n) is 4.89. The summed E-state index contributed by atoms with van der Waals surface area (Å²) in [4.78, 5) is 49.5. The lowest BCUT2D eigenvalue weighted by atomic mass is 10.1. The number of aliphatic hydroxyl groups is 1. The van der Waals surface area contributed by atoms with Gasteiger partial charge in [-0.05, 0) is 30.2 Å². The first-order chi connectivity index (χ1) is 16.5. The van der Waals surface area contributed by atoms with Gasteiger partial charge in [-0.3, -0.25) is 28.2 Å². The van der Waals surface area contributed by atoms with Crippen molar-refractivity contribution in [1.82, 2.24) is 9.55 Å². The molecule has 1 aromatic heterocycles. The highest BCUT2D eigenvalue weighted by molar-refractivity contribution is 7.47. The Kier molecular flexibility index (Phi) is 8.25. The molecule has 3 unspecified atom stereocenters. The molecule has 5 atom stereocenters. The largest absolute Gasteiger partial charge is 0.474 e. The summed E-state index contributed by atoms with van der Waals surface area (Å²) in [5.41, 5.74) is 8.10. The lowest BCUT2D eigenvalue weighted by Crippen LogP contribution is -2.36. The van der Waals surface area contributed by atoms with E-state index in [1.165, 1.54) is 44.3 Å². The zero-order chi connectivity index (χ0) is 25.8. The Balaban J connectivity index is 1.67. The summed E-state index contributed by atoms with van der Waals surface area (Å²) < 4.78 is 33.5. The maximum atomic E-state index is 12.3. The van der Waals surface area contributed by atoms with Crippen molar-refractivity contribution in [1.29, 1.82) is 0 Å². The Hall–Kier alpha value is -3.29. The molecule has 0 bridgehead atoms. The van der Waals surface area contributed by atoms with Gasteiger partial charge in [-0.2, -0.15) is 0 Å². The van der Waals surface area contributed by atoms with E-state index in [0.29, 0.717) is 5.56 Å². The summed E-state index contributed by atoms with van der Waals surface area (Å²) in [5, 5.41) is 13.9. The van der Waals surface area contributed by atoms with Crippen LogP contribution in [0.2, 0.25) is 0 Å². The van der Waals surface area contributed by atoms with Crippen molar-refractivity contribution in [3.63, 3.8) is 0 Å². The van der Waals surface area contributed by atoms with Gasteiger partial charge in [0.15, 0.2) is 6.29 Å². The molecular weight excluding hydrogens is 489 g/mol. The van der Waals surface area contributed by atoms with Crippen LogP contribution < -0.4 is 16.0 Å². The summed E-state index contributed by atoms with van der Waals surface area (Å²) in [7, 11) is -4.83. The van der Waals surface area contributed by atoms with Crippen molar-refractivity contribution in [3.05, 3.63) is 72.9 Å². The lowest BCUT2D eigenvalue weighted by Gasteiger charge is -2.23. The van der Waals surface area contributed by atoms with Gasteiger partial charge in [-0.1, -0.05) is 17.2 Å². The van der Waals surface area contributed by atoms with E-state index in [1.54, 1.807) is 0 Å². The summed E-state index contributed by atoms with van der Waals surface area (Å²) in [5.74, 6) is -0.235. The van der Waals surface area contributed by atoms with Crippen molar-refractivity contribution in [2.75, 3.05) is 0 Å². The Bertz CT molecular complexity index is 1290. The minimum absolute atomic E-state index is 0.0915. The second-order valence-corrected chi connectivity index (χ2v) is 8.92. The third kappa shape index (κ3) is 6.87. The molecule has 1 fully saturated rings. The molecule has 0 amide bonds. The van der Waals surface area contributed by atoms with E-state index in [4.69, 9.17) is 24.1 Å². The molecule has 1 aliphatic rings. The van der Waals surface area contributed by atoms with Crippen LogP contribution in [-0.4, -0.2) is 44.0 Å². The smallest absolute Gasteiger partial charge is 0.427 e. The zero-order valence-corrected chi connectivity index (χ0v) is 19.4. The average molecular weight is 511 g/mol. The second-order valence-electron chi connectivity index (χ2n) is 7.52. The molecule has 35 heavy (non-hydrogen) atoms.